The quantitative estimate of drug-likeness (QED) is 0.600. The van der Waals surface area contributed by atoms with Gasteiger partial charge in [-0.25, -0.2) is 0 Å². The molecule has 0 heterocycles. The number of ether oxygens (including phenoxy) is 1. The third-order valence-corrected chi connectivity index (χ3v) is 2.26. The summed E-state index contributed by atoms with van der Waals surface area (Å²) in [6.07, 6.45) is 0.751. The van der Waals surface area contributed by atoms with Crippen LogP contribution >= 0.6 is 0 Å². The van der Waals surface area contributed by atoms with Gasteiger partial charge in [-0.1, -0.05) is 6.07 Å². The molecule has 0 spiro atoms. The molecule has 1 aromatic rings. The molecule has 0 aliphatic rings. The second kappa shape index (κ2) is 6.02. The molecule has 0 fully saturated rings. The summed E-state index contributed by atoms with van der Waals surface area (Å²) in [5.74, 6) is -0.194. The number of methoxy groups -OCH3 is 1. The van der Waals surface area contributed by atoms with Crippen LogP contribution in [0.5, 0.6) is 0 Å². The minimum absolute atomic E-state index is 0.194. The normalized spacial score (nSPS) is 9.88. The molecule has 0 aliphatic heterocycles. The Labute approximate surface area is 94.6 Å². The Kier molecular flexibility index (Phi) is 4.66. The van der Waals surface area contributed by atoms with Crippen molar-refractivity contribution < 1.29 is 14.3 Å². The zero-order valence-corrected chi connectivity index (χ0v) is 9.45. The zero-order valence-electron chi connectivity index (χ0n) is 9.45. The molecule has 0 saturated carbocycles. The molecule has 4 nitrogen and oxygen atoms in total. The van der Waals surface area contributed by atoms with Crippen LogP contribution < -0.4 is 5.32 Å². The summed E-state index contributed by atoms with van der Waals surface area (Å²) in [4.78, 5) is 22.3. The van der Waals surface area contributed by atoms with E-state index in [1.165, 1.54) is 0 Å². The summed E-state index contributed by atoms with van der Waals surface area (Å²) < 4.78 is 4.82. The van der Waals surface area contributed by atoms with E-state index in [9.17, 15) is 9.59 Å². The molecule has 1 aromatic carbocycles. The summed E-state index contributed by atoms with van der Waals surface area (Å²) in [7, 11) is 1.57. The Bertz CT molecular complexity index is 388. The highest BCUT2D eigenvalue weighted by atomic mass is 16.5. The highest BCUT2D eigenvalue weighted by Crippen LogP contribution is 2.08. The van der Waals surface area contributed by atoms with Gasteiger partial charge in [-0.2, -0.15) is 0 Å². The van der Waals surface area contributed by atoms with Crippen LogP contribution in [0.25, 0.3) is 0 Å². The first-order valence-corrected chi connectivity index (χ1v) is 5.02. The molecule has 4 heteroatoms. The van der Waals surface area contributed by atoms with Crippen LogP contribution in [0.1, 0.15) is 26.3 Å². The Morgan fingerprint density at radius 2 is 2.25 bits per heavy atom. The Morgan fingerprint density at radius 3 is 2.88 bits per heavy atom. The van der Waals surface area contributed by atoms with Crippen molar-refractivity contribution in [3.8, 4) is 0 Å². The lowest BCUT2D eigenvalue weighted by molar-refractivity contribution is 0.0937. The molecule has 0 atom stereocenters. The number of aldehydes is 1. The summed E-state index contributed by atoms with van der Waals surface area (Å²) >= 11 is 0. The number of aryl methyl sites for hydroxylation is 1. The van der Waals surface area contributed by atoms with Gasteiger partial charge < -0.3 is 10.1 Å². The van der Waals surface area contributed by atoms with E-state index < -0.39 is 0 Å². The average Bonchev–Trinajstić information content (AvgIpc) is 2.30. The van der Waals surface area contributed by atoms with Crippen molar-refractivity contribution in [1.82, 2.24) is 5.32 Å². The molecular formula is C12H15NO3. The third kappa shape index (κ3) is 3.17. The van der Waals surface area contributed by atoms with Crippen molar-refractivity contribution in [2.24, 2.45) is 0 Å². The van der Waals surface area contributed by atoms with E-state index in [0.29, 0.717) is 24.3 Å². The maximum atomic E-state index is 11.6. The van der Waals surface area contributed by atoms with E-state index in [0.717, 1.165) is 11.8 Å². The van der Waals surface area contributed by atoms with Crippen LogP contribution in [0, 0.1) is 6.92 Å². The van der Waals surface area contributed by atoms with Gasteiger partial charge in [0.15, 0.2) is 0 Å². The Morgan fingerprint density at radius 1 is 1.50 bits per heavy atom. The molecule has 16 heavy (non-hydrogen) atoms. The molecular weight excluding hydrogens is 206 g/mol. The second-order valence-corrected chi connectivity index (χ2v) is 3.44. The predicted octanol–water partition coefficient (Wildman–Crippen LogP) is 1.18. The van der Waals surface area contributed by atoms with E-state index in [1.54, 1.807) is 25.3 Å². The van der Waals surface area contributed by atoms with Crippen LogP contribution in [-0.2, 0) is 4.74 Å². The number of hydrogen-bond donors (Lipinski definition) is 1. The SMILES string of the molecule is COCCNC(=O)c1ccc(C)c(C=O)c1. The molecule has 1 N–H and O–H groups in total. The summed E-state index contributed by atoms with van der Waals surface area (Å²) in [6.45, 7) is 2.76. The molecule has 1 amide bonds. The Balaban J connectivity index is 2.72. The van der Waals surface area contributed by atoms with Crippen LogP contribution in [-0.4, -0.2) is 32.5 Å². The maximum absolute atomic E-state index is 11.6. The minimum Gasteiger partial charge on any atom is -0.383 e. The smallest absolute Gasteiger partial charge is 0.251 e. The summed E-state index contributed by atoms with van der Waals surface area (Å²) in [5.41, 5.74) is 1.90. The number of nitrogens with one attached hydrogen (secondary N) is 1. The first-order valence-electron chi connectivity index (χ1n) is 5.02. The van der Waals surface area contributed by atoms with Gasteiger partial charge >= 0.3 is 0 Å². The molecule has 86 valence electrons. The first-order chi connectivity index (χ1) is 7.69. The number of hydrogen-bond acceptors (Lipinski definition) is 3. The lowest BCUT2D eigenvalue weighted by Crippen LogP contribution is -2.27. The first kappa shape index (κ1) is 12.4. The van der Waals surface area contributed by atoms with Crippen molar-refractivity contribution in [1.29, 1.82) is 0 Å². The largest absolute Gasteiger partial charge is 0.383 e. The summed E-state index contributed by atoms with van der Waals surface area (Å²) in [5, 5.41) is 2.69. The monoisotopic (exact) mass is 221 g/mol. The predicted molar refractivity (Wildman–Crippen MR) is 60.8 cm³/mol. The van der Waals surface area contributed by atoms with E-state index >= 15 is 0 Å². The molecule has 1 rings (SSSR count). The van der Waals surface area contributed by atoms with Crippen molar-refractivity contribution >= 4 is 12.2 Å². The number of benzene rings is 1. The van der Waals surface area contributed by atoms with Crippen LogP contribution in [0.3, 0.4) is 0 Å². The number of carbonyl (C=O) groups is 2. The zero-order chi connectivity index (χ0) is 12.0. The standard InChI is InChI=1S/C12H15NO3/c1-9-3-4-10(7-11(9)8-14)12(15)13-5-6-16-2/h3-4,7-8H,5-6H2,1-2H3,(H,13,15). The second-order valence-electron chi connectivity index (χ2n) is 3.44. The van der Waals surface area contributed by atoms with Gasteiger partial charge in [0.05, 0.1) is 6.61 Å². The Hall–Kier alpha value is -1.68. The molecule has 0 aromatic heterocycles. The fraction of sp³-hybridized carbons (Fsp3) is 0.333. The van der Waals surface area contributed by atoms with Crippen LogP contribution in [0.4, 0.5) is 0 Å². The van der Waals surface area contributed by atoms with Crippen LogP contribution in [0.2, 0.25) is 0 Å². The highest BCUT2D eigenvalue weighted by Gasteiger charge is 2.06. The van der Waals surface area contributed by atoms with Gasteiger partial charge in [-0.3, -0.25) is 9.59 Å². The van der Waals surface area contributed by atoms with Crippen molar-refractivity contribution in [2.75, 3.05) is 20.3 Å². The van der Waals surface area contributed by atoms with Gasteiger partial charge in [0.25, 0.3) is 5.91 Å². The van der Waals surface area contributed by atoms with Crippen LogP contribution in [0.15, 0.2) is 18.2 Å². The van der Waals surface area contributed by atoms with Gasteiger partial charge in [0.2, 0.25) is 0 Å². The number of amides is 1. The molecule has 0 bridgehead atoms. The van der Waals surface area contributed by atoms with E-state index in [1.807, 2.05) is 6.92 Å². The van der Waals surface area contributed by atoms with E-state index in [-0.39, 0.29) is 5.91 Å². The highest BCUT2D eigenvalue weighted by molar-refractivity contribution is 5.96. The number of carbonyl (C=O) groups excluding carboxylic acids is 2. The average molecular weight is 221 g/mol. The fourth-order valence-corrected chi connectivity index (χ4v) is 1.28. The minimum atomic E-state index is -0.194. The van der Waals surface area contributed by atoms with Gasteiger partial charge in [-0.05, 0) is 24.6 Å². The van der Waals surface area contributed by atoms with Gasteiger partial charge in [0.1, 0.15) is 6.29 Å². The number of rotatable bonds is 5. The molecule has 0 radical (unpaired) electrons. The fourth-order valence-electron chi connectivity index (χ4n) is 1.28. The topological polar surface area (TPSA) is 55.4 Å². The van der Waals surface area contributed by atoms with Crippen molar-refractivity contribution in [3.63, 3.8) is 0 Å². The molecule has 0 unspecified atom stereocenters. The van der Waals surface area contributed by atoms with E-state index in [4.69, 9.17) is 4.74 Å². The lowest BCUT2D eigenvalue weighted by atomic mass is 10.1. The van der Waals surface area contributed by atoms with Crippen molar-refractivity contribution in [3.05, 3.63) is 34.9 Å². The van der Waals surface area contributed by atoms with E-state index in [2.05, 4.69) is 5.32 Å². The van der Waals surface area contributed by atoms with Gasteiger partial charge in [-0.15, -0.1) is 0 Å². The lowest BCUT2D eigenvalue weighted by Gasteiger charge is -2.06. The third-order valence-electron chi connectivity index (χ3n) is 2.26. The summed E-state index contributed by atoms with van der Waals surface area (Å²) in [6, 6.07) is 5.05. The molecule has 0 saturated heterocycles. The van der Waals surface area contributed by atoms with Crippen molar-refractivity contribution in [2.45, 2.75) is 6.92 Å². The van der Waals surface area contributed by atoms with Gasteiger partial charge in [0, 0.05) is 24.8 Å². The molecule has 0 aliphatic carbocycles. The maximum Gasteiger partial charge on any atom is 0.251 e.